The first kappa shape index (κ1) is 20.6. The lowest BCUT2D eigenvalue weighted by Crippen LogP contribution is -2.20. The second-order valence-electron chi connectivity index (χ2n) is 7.78. The first-order valence-electron chi connectivity index (χ1n) is 9.88. The Hall–Kier alpha value is -3.31. The lowest BCUT2D eigenvalue weighted by atomic mass is 10.0. The van der Waals surface area contributed by atoms with Crippen molar-refractivity contribution < 1.29 is 18.7 Å². The molecule has 12 heteroatoms. The minimum atomic E-state index is -1.10. The van der Waals surface area contributed by atoms with E-state index in [0.717, 1.165) is 0 Å². The van der Waals surface area contributed by atoms with Crippen molar-refractivity contribution in [1.29, 1.82) is 0 Å². The van der Waals surface area contributed by atoms with Crippen molar-refractivity contribution in [2.75, 3.05) is 17.2 Å². The highest BCUT2D eigenvalue weighted by Gasteiger charge is 2.43. The number of carbonyl (C=O) groups excluding carboxylic acids is 1. The molecule has 0 spiro atoms. The first-order chi connectivity index (χ1) is 15.4. The molecule has 1 aromatic carbocycles. The molecule has 0 saturated heterocycles. The molecule has 166 valence electrons. The number of benzene rings is 1. The highest BCUT2D eigenvalue weighted by molar-refractivity contribution is 6.35. The monoisotopic (exact) mass is 461 g/mol. The summed E-state index contributed by atoms with van der Waals surface area (Å²) in [6.07, 6.45) is 5.25. The molecule has 3 atom stereocenters. The number of nitrogens with one attached hydrogen (secondary N) is 3. The van der Waals surface area contributed by atoms with Gasteiger partial charge < -0.3 is 20.1 Å². The summed E-state index contributed by atoms with van der Waals surface area (Å²) in [4.78, 5) is 20.6. The number of halogens is 3. The molecule has 9 nitrogen and oxygen atoms in total. The van der Waals surface area contributed by atoms with E-state index in [0.29, 0.717) is 27.8 Å². The van der Waals surface area contributed by atoms with Crippen LogP contribution in [0.15, 0.2) is 24.8 Å². The topological polar surface area (TPSA) is 120 Å². The Morgan fingerprint density at radius 1 is 1.44 bits per heavy atom. The fourth-order valence-electron chi connectivity index (χ4n) is 3.53. The van der Waals surface area contributed by atoms with Crippen LogP contribution in [0, 0.1) is 11.7 Å². The zero-order chi connectivity index (χ0) is 22.6. The molecular formula is C20H18ClF2N7O2. The number of aliphatic hydroxyl groups excluding tert-OH is 1. The van der Waals surface area contributed by atoms with Crippen LogP contribution >= 0.6 is 11.6 Å². The minimum absolute atomic E-state index is 0.104. The Balaban J connectivity index is 1.55. The molecule has 5 rings (SSSR count). The van der Waals surface area contributed by atoms with Crippen LogP contribution < -0.4 is 10.6 Å². The molecular weight excluding hydrogens is 444 g/mol. The number of amides is 1. The van der Waals surface area contributed by atoms with Gasteiger partial charge in [0.2, 0.25) is 5.91 Å². The average Bonchev–Trinajstić information content (AvgIpc) is 3.14. The quantitative estimate of drug-likeness (QED) is 0.350. The molecule has 1 saturated carbocycles. The maximum atomic E-state index is 15.2. The van der Waals surface area contributed by atoms with Crippen molar-refractivity contribution in [1.82, 2.24) is 24.6 Å². The Labute approximate surface area is 184 Å². The zero-order valence-electron chi connectivity index (χ0n) is 16.7. The summed E-state index contributed by atoms with van der Waals surface area (Å²) in [6, 6.07) is -0.407. The summed E-state index contributed by atoms with van der Waals surface area (Å²) in [5, 5.41) is 21.9. The van der Waals surface area contributed by atoms with Gasteiger partial charge in [-0.1, -0.05) is 11.6 Å². The lowest BCUT2D eigenvalue weighted by Gasteiger charge is -2.17. The molecule has 4 aromatic rings. The molecule has 0 bridgehead atoms. The van der Waals surface area contributed by atoms with Gasteiger partial charge in [-0.15, -0.1) is 0 Å². The summed E-state index contributed by atoms with van der Waals surface area (Å²) in [5.41, 5.74) is 1.61. The number of H-pyrrole nitrogens is 1. The van der Waals surface area contributed by atoms with Crippen molar-refractivity contribution in [3.63, 3.8) is 0 Å². The van der Waals surface area contributed by atoms with Gasteiger partial charge in [0, 0.05) is 23.2 Å². The third-order valence-corrected chi connectivity index (χ3v) is 5.71. The van der Waals surface area contributed by atoms with Crippen LogP contribution in [0.4, 0.5) is 20.3 Å². The summed E-state index contributed by atoms with van der Waals surface area (Å²) in [7, 11) is 0. The van der Waals surface area contributed by atoms with Gasteiger partial charge in [0.25, 0.3) is 0 Å². The van der Waals surface area contributed by atoms with E-state index in [-0.39, 0.29) is 29.6 Å². The maximum Gasteiger partial charge on any atom is 0.231 e. The number of rotatable bonds is 6. The summed E-state index contributed by atoms with van der Waals surface area (Å²) >= 11 is 6.40. The largest absolute Gasteiger partial charge is 0.394 e. The van der Waals surface area contributed by atoms with Crippen LogP contribution in [-0.2, 0) is 4.79 Å². The predicted octanol–water partition coefficient (Wildman–Crippen LogP) is 3.15. The van der Waals surface area contributed by atoms with E-state index >= 15 is 4.39 Å². The zero-order valence-corrected chi connectivity index (χ0v) is 17.5. The van der Waals surface area contributed by atoms with Crippen LogP contribution in [-0.4, -0.2) is 54.4 Å². The maximum absolute atomic E-state index is 15.2. The number of carbonyl (C=O) groups is 1. The molecule has 1 amide bonds. The van der Waals surface area contributed by atoms with Crippen LogP contribution in [0.2, 0.25) is 5.02 Å². The second kappa shape index (κ2) is 7.68. The van der Waals surface area contributed by atoms with Crippen LogP contribution in [0.25, 0.3) is 27.8 Å². The molecule has 3 aromatic heterocycles. The van der Waals surface area contributed by atoms with E-state index in [1.807, 2.05) is 0 Å². The van der Waals surface area contributed by atoms with E-state index in [1.165, 1.54) is 12.4 Å². The Morgan fingerprint density at radius 3 is 2.94 bits per heavy atom. The fraction of sp³-hybridized carbons (Fsp3) is 0.300. The molecule has 3 heterocycles. The Kier molecular flexibility index (Phi) is 4.94. The third kappa shape index (κ3) is 3.43. The standard InChI is InChI=1S/C20H18ClF2N7O2/c1-8(7-31)26-19-17(23)16(21)15(10-3-25-29-18(10)19)12-5-30-6-13(27-14(30)4-24-12)28-20(32)9-2-11(9)22/h3-6,8-9,11,26,31H,2,7H2,1H3,(H,25,29)(H,28,32). The minimum Gasteiger partial charge on any atom is -0.394 e. The van der Waals surface area contributed by atoms with Crippen molar-refractivity contribution in [2.24, 2.45) is 5.92 Å². The average molecular weight is 462 g/mol. The van der Waals surface area contributed by atoms with Crippen molar-refractivity contribution in [3.8, 4) is 11.3 Å². The van der Waals surface area contributed by atoms with E-state index in [2.05, 4.69) is 30.8 Å². The number of aliphatic hydroxyl groups is 1. The van der Waals surface area contributed by atoms with Gasteiger partial charge in [-0.3, -0.25) is 14.9 Å². The summed E-state index contributed by atoms with van der Waals surface area (Å²) in [6.45, 7) is 1.50. The first-order valence-corrected chi connectivity index (χ1v) is 10.3. The SMILES string of the molecule is CC(CO)Nc1c(F)c(Cl)c(-c2cn3cc(NC(=O)C4CC4F)nc3cn2)c2cn[nH]c12. The molecule has 3 unspecified atom stereocenters. The van der Waals surface area contributed by atoms with E-state index < -0.39 is 29.9 Å². The van der Waals surface area contributed by atoms with Gasteiger partial charge in [0.15, 0.2) is 17.3 Å². The highest BCUT2D eigenvalue weighted by Crippen LogP contribution is 2.41. The Bertz CT molecular complexity index is 1350. The van der Waals surface area contributed by atoms with E-state index in [1.54, 1.807) is 23.7 Å². The summed E-state index contributed by atoms with van der Waals surface area (Å²) < 4.78 is 29.9. The van der Waals surface area contributed by atoms with Gasteiger partial charge >= 0.3 is 0 Å². The number of hydrogen-bond acceptors (Lipinski definition) is 6. The van der Waals surface area contributed by atoms with Gasteiger partial charge in [0.1, 0.15) is 6.17 Å². The number of anilines is 2. The van der Waals surface area contributed by atoms with Crippen LogP contribution in [0.3, 0.4) is 0 Å². The number of aromatic nitrogens is 5. The molecule has 32 heavy (non-hydrogen) atoms. The lowest BCUT2D eigenvalue weighted by molar-refractivity contribution is -0.117. The smallest absolute Gasteiger partial charge is 0.231 e. The van der Waals surface area contributed by atoms with Crippen molar-refractivity contribution >= 4 is 45.6 Å². The van der Waals surface area contributed by atoms with Gasteiger partial charge in [0.05, 0.1) is 53.0 Å². The number of imidazole rings is 1. The molecule has 1 aliphatic carbocycles. The predicted molar refractivity (Wildman–Crippen MR) is 115 cm³/mol. The number of alkyl halides is 1. The van der Waals surface area contributed by atoms with Crippen molar-refractivity contribution in [2.45, 2.75) is 25.6 Å². The number of fused-ring (bicyclic) bond motifs is 2. The summed E-state index contributed by atoms with van der Waals surface area (Å²) in [5.74, 6) is -1.49. The van der Waals surface area contributed by atoms with E-state index in [9.17, 15) is 14.3 Å². The molecule has 0 aliphatic heterocycles. The highest BCUT2D eigenvalue weighted by atomic mass is 35.5. The normalized spacial score (nSPS) is 18.8. The van der Waals surface area contributed by atoms with Crippen LogP contribution in [0.1, 0.15) is 13.3 Å². The number of nitrogens with zero attached hydrogens (tertiary/aromatic N) is 4. The molecule has 4 N–H and O–H groups in total. The Morgan fingerprint density at radius 2 is 2.22 bits per heavy atom. The second-order valence-corrected chi connectivity index (χ2v) is 8.15. The fourth-order valence-corrected chi connectivity index (χ4v) is 3.83. The number of aromatic amines is 1. The van der Waals surface area contributed by atoms with Gasteiger partial charge in [-0.05, 0) is 13.3 Å². The molecule has 1 fully saturated rings. The van der Waals surface area contributed by atoms with Crippen molar-refractivity contribution in [3.05, 3.63) is 35.6 Å². The molecule has 0 radical (unpaired) electrons. The van der Waals surface area contributed by atoms with E-state index in [4.69, 9.17) is 11.6 Å². The number of hydrogen-bond donors (Lipinski definition) is 4. The van der Waals surface area contributed by atoms with Crippen LogP contribution in [0.5, 0.6) is 0 Å². The van der Waals surface area contributed by atoms with Gasteiger partial charge in [-0.2, -0.15) is 5.10 Å². The molecule has 1 aliphatic rings. The third-order valence-electron chi connectivity index (χ3n) is 5.35. The van der Waals surface area contributed by atoms with Gasteiger partial charge in [-0.25, -0.2) is 13.8 Å².